The summed E-state index contributed by atoms with van der Waals surface area (Å²) in [6.07, 6.45) is 0. The van der Waals surface area contributed by atoms with Crippen molar-refractivity contribution in [3.63, 3.8) is 0 Å². The minimum atomic E-state index is -0.204. The first-order chi connectivity index (χ1) is 9.62. The van der Waals surface area contributed by atoms with Gasteiger partial charge in [-0.25, -0.2) is 0 Å². The molecule has 0 fully saturated rings. The summed E-state index contributed by atoms with van der Waals surface area (Å²) in [5.41, 5.74) is 5.19. The van der Waals surface area contributed by atoms with Crippen LogP contribution in [0.5, 0.6) is 0 Å². The lowest BCUT2D eigenvalue weighted by Gasteiger charge is -2.54. The monoisotopic (exact) mass is 277 g/mol. The summed E-state index contributed by atoms with van der Waals surface area (Å²) in [6.45, 7) is 4.49. The van der Waals surface area contributed by atoms with Crippen LogP contribution in [0.1, 0.15) is 36.1 Å². The number of nitriles is 1. The molecule has 0 radical (unpaired) electrons. The maximum absolute atomic E-state index is 9.67. The van der Waals surface area contributed by atoms with Gasteiger partial charge in [0.25, 0.3) is 0 Å². The lowest BCUT2D eigenvalue weighted by Crippen LogP contribution is -2.50. The zero-order valence-corrected chi connectivity index (χ0v) is 12.4. The number of benzene rings is 2. The Kier molecular flexibility index (Phi) is 2.22. The highest BCUT2D eigenvalue weighted by atomic mass is 32.2. The van der Waals surface area contributed by atoms with E-state index in [1.807, 2.05) is 0 Å². The van der Waals surface area contributed by atoms with Crippen LogP contribution in [0.2, 0.25) is 0 Å². The van der Waals surface area contributed by atoms with E-state index in [4.69, 9.17) is 0 Å². The van der Waals surface area contributed by atoms with Crippen molar-refractivity contribution in [3.05, 3.63) is 70.8 Å². The first-order valence-corrected chi connectivity index (χ1v) is 7.78. The normalized spacial score (nSPS) is 33.1. The quantitative estimate of drug-likeness (QED) is 0.720. The number of rotatable bonds is 0. The zero-order valence-electron chi connectivity index (χ0n) is 11.6. The Morgan fingerprint density at radius 1 is 0.900 bits per heavy atom. The van der Waals surface area contributed by atoms with Gasteiger partial charge in [0.1, 0.15) is 5.25 Å². The molecule has 1 atom stereocenters. The summed E-state index contributed by atoms with van der Waals surface area (Å²) >= 11 is 1.81. The van der Waals surface area contributed by atoms with Crippen LogP contribution in [0, 0.1) is 11.3 Å². The summed E-state index contributed by atoms with van der Waals surface area (Å²) in [6, 6.07) is 19.8. The summed E-state index contributed by atoms with van der Waals surface area (Å²) < 4.78 is -0.106. The number of hydrogen-bond donors (Lipinski definition) is 0. The van der Waals surface area contributed by atoms with Gasteiger partial charge in [-0.15, -0.1) is 11.8 Å². The highest BCUT2D eigenvalue weighted by Crippen LogP contribution is 2.64. The second-order valence-electron chi connectivity index (χ2n) is 5.95. The summed E-state index contributed by atoms with van der Waals surface area (Å²) in [7, 11) is 0. The predicted octanol–water partition coefficient (Wildman–Crippen LogP) is 4.21. The van der Waals surface area contributed by atoms with Crippen LogP contribution < -0.4 is 0 Å². The third kappa shape index (κ3) is 1.16. The fraction of sp³-hybridized carbons (Fsp3) is 0.278. The maximum atomic E-state index is 9.67. The van der Waals surface area contributed by atoms with Gasteiger partial charge in [-0.2, -0.15) is 5.26 Å². The molecule has 1 nitrogen and oxygen atoms in total. The van der Waals surface area contributed by atoms with Crippen molar-refractivity contribution in [3.8, 4) is 6.07 Å². The molecule has 2 aromatic rings. The van der Waals surface area contributed by atoms with E-state index < -0.39 is 0 Å². The van der Waals surface area contributed by atoms with Gasteiger partial charge in [0.2, 0.25) is 0 Å². The van der Waals surface area contributed by atoms with E-state index in [0.29, 0.717) is 0 Å². The number of thioether (sulfide) groups is 1. The van der Waals surface area contributed by atoms with Crippen LogP contribution in [-0.4, -0.2) is 5.25 Å². The Labute approximate surface area is 123 Å². The largest absolute Gasteiger partial charge is 0.197 e. The Morgan fingerprint density at radius 2 is 1.35 bits per heavy atom. The summed E-state index contributed by atoms with van der Waals surface area (Å²) in [5.74, 6) is 0. The average molecular weight is 277 g/mol. The molecule has 0 aromatic heterocycles. The van der Waals surface area contributed by atoms with Gasteiger partial charge in [0.05, 0.1) is 10.8 Å². The molecule has 0 spiro atoms. The van der Waals surface area contributed by atoms with Gasteiger partial charge < -0.3 is 0 Å². The van der Waals surface area contributed by atoms with Crippen LogP contribution in [0.25, 0.3) is 0 Å². The molecule has 0 N–H and O–H groups in total. The highest BCUT2D eigenvalue weighted by molar-refractivity contribution is 8.01. The lowest BCUT2D eigenvalue weighted by molar-refractivity contribution is 0.520. The summed E-state index contributed by atoms with van der Waals surface area (Å²) in [5, 5.41) is 9.64. The van der Waals surface area contributed by atoms with Crippen molar-refractivity contribution in [1.29, 1.82) is 5.26 Å². The molecule has 0 amide bonds. The molecular formula is C18H15NS. The summed E-state index contributed by atoms with van der Waals surface area (Å²) in [4.78, 5) is 0. The highest BCUT2D eigenvalue weighted by Gasteiger charge is 2.57. The second-order valence-corrected chi connectivity index (χ2v) is 7.48. The minimum absolute atomic E-state index is 0.0303. The molecule has 3 aliphatic rings. The smallest absolute Gasteiger partial charge is 0.106 e. The molecule has 20 heavy (non-hydrogen) atoms. The van der Waals surface area contributed by atoms with E-state index in [1.165, 1.54) is 22.3 Å². The van der Waals surface area contributed by atoms with Crippen LogP contribution >= 0.6 is 11.8 Å². The van der Waals surface area contributed by atoms with E-state index in [2.05, 4.69) is 68.4 Å². The van der Waals surface area contributed by atoms with Crippen molar-refractivity contribution < 1.29 is 0 Å². The molecule has 0 unspecified atom stereocenters. The fourth-order valence-corrected chi connectivity index (χ4v) is 5.54. The van der Waals surface area contributed by atoms with E-state index in [9.17, 15) is 5.26 Å². The van der Waals surface area contributed by atoms with E-state index in [1.54, 1.807) is 11.8 Å². The van der Waals surface area contributed by atoms with Crippen molar-refractivity contribution in [1.82, 2.24) is 0 Å². The number of nitrogens with zero attached hydrogens (tertiary/aromatic N) is 1. The van der Waals surface area contributed by atoms with E-state index in [0.717, 1.165) is 0 Å². The van der Waals surface area contributed by atoms with Crippen LogP contribution in [0.4, 0.5) is 0 Å². The van der Waals surface area contributed by atoms with Gasteiger partial charge in [-0.05, 0) is 36.1 Å². The molecule has 5 rings (SSSR count). The Hall–Kier alpha value is -1.72. The van der Waals surface area contributed by atoms with Gasteiger partial charge in [-0.1, -0.05) is 48.5 Å². The van der Waals surface area contributed by atoms with Gasteiger partial charge >= 0.3 is 0 Å². The average Bonchev–Trinajstić information content (AvgIpc) is 2.50. The molecular weight excluding hydrogens is 262 g/mol. The fourth-order valence-electron chi connectivity index (χ4n) is 3.91. The third-order valence-electron chi connectivity index (χ3n) is 5.00. The van der Waals surface area contributed by atoms with Crippen LogP contribution in [0.15, 0.2) is 48.5 Å². The Morgan fingerprint density at radius 3 is 1.80 bits per heavy atom. The Balaban J connectivity index is 2.17. The van der Waals surface area contributed by atoms with E-state index in [-0.39, 0.29) is 15.4 Å². The van der Waals surface area contributed by atoms with Gasteiger partial charge in [-0.3, -0.25) is 0 Å². The van der Waals surface area contributed by atoms with Gasteiger partial charge in [0, 0.05) is 5.41 Å². The van der Waals surface area contributed by atoms with E-state index >= 15 is 0 Å². The van der Waals surface area contributed by atoms with Crippen LogP contribution in [-0.2, 0) is 10.2 Å². The third-order valence-corrected chi connectivity index (χ3v) is 6.72. The van der Waals surface area contributed by atoms with Crippen molar-refractivity contribution in [2.75, 3.05) is 0 Å². The first-order valence-electron chi connectivity index (χ1n) is 6.90. The molecule has 2 bridgehead atoms. The first kappa shape index (κ1) is 12.1. The molecule has 2 heteroatoms. The zero-order chi connectivity index (χ0) is 14.0. The Bertz CT molecular complexity index is 709. The topological polar surface area (TPSA) is 23.8 Å². The molecule has 2 heterocycles. The number of fused-ring (bicyclic) bond motifs is 1. The van der Waals surface area contributed by atoms with Crippen molar-refractivity contribution >= 4 is 11.8 Å². The molecule has 2 aliphatic heterocycles. The minimum Gasteiger partial charge on any atom is -0.197 e. The SMILES string of the molecule is CC12S[C@@H](C#N)C(C)(c3ccccc31)c1ccccc12. The number of hydrogen-bond acceptors (Lipinski definition) is 2. The lowest BCUT2D eigenvalue weighted by atomic mass is 9.62. The van der Waals surface area contributed by atoms with Crippen LogP contribution in [0.3, 0.4) is 0 Å². The van der Waals surface area contributed by atoms with Gasteiger partial charge in [0.15, 0.2) is 0 Å². The molecule has 1 aliphatic carbocycles. The molecule has 98 valence electrons. The van der Waals surface area contributed by atoms with Crippen molar-refractivity contribution in [2.24, 2.45) is 0 Å². The molecule has 0 saturated carbocycles. The predicted molar refractivity (Wildman–Crippen MR) is 82.8 cm³/mol. The van der Waals surface area contributed by atoms with Crippen molar-refractivity contribution in [2.45, 2.75) is 29.3 Å². The molecule has 0 saturated heterocycles. The molecule has 2 aromatic carbocycles. The second kappa shape index (κ2) is 3.68. The standard InChI is InChI=1S/C18H15NS/c1-17-12-7-3-5-9-14(12)18(2,20-16(17)11-19)15-10-6-4-8-13(15)17/h3-10,16H,1-2H3/t16-,17?,18?/m0/s1. The maximum Gasteiger partial charge on any atom is 0.106 e.